The highest BCUT2D eigenvalue weighted by atomic mass is 79.9. The summed E-state index contributed by atoms with van der Waals surface area (Å²) in [6.45, 7) is 1.52. The number of halogens is 1. The predicted molar refractivity (Wildman–Crippen MR) is 82.7 cm³/mol. The molecule has 2 bridgehead atoms. The first-order valence-corrected chi connectivity index (χ1v) is 8.76. The smallest absolute Gasteiger partial charge is 0.161 e. The van der Waals surface area contributed by atoms with E-state index in [0.29, 0.717) is 4.83 Å². The average Bonchev–Trinajstić information content (AvgIpc) is 3.02. The number of fused-ring (bicyclic) bond motifs is 3. The van der Waals surface area contributed by atoms with E-state index in [0.717, 1.165) is 48.9 Å². The molecule has 0 spiro atoms. The van der Waals surface area contributed by atoms with Gasteiger partial charge in [-0.3, -0.25) is 0 Å². The second kappa shape index (κ2) is 5.25. The van der Waals surface area contributed by atoms with Gasteiger partial charge in [0.15, 0.2) is 11.5 Å². The summed E-state index contributed by atoms with van der Waals surface area (Å²) in [6.07, 6.45) is 6.71. The summed E-state index contributed by atoms with van der Waals surface area (Å²) in [6, 6.07) is 6.47. The van der Waals surface area contributed by atoms with Crippen LogP contribution < -0.4 is 9.47 Å². The molecule has 2 nitrogen and oxygen atoms in total. The van der Waals surface area contributed by atoms with E-state index >= 15 is 0 Å². The van der Waals surface area contributed by atoms with Gasteiger partial charge in [0.05, 0.1) is 13.2 Å². The van der Waals surface area contributed by atoms with Crippen LogP contribution in [0.2, 0.25) is 0 Å². The normalized spacial score (nSPS) is 33.0. The van der Waals surface area contributed by atoms with Gasteiger partial charge < -0.3 is 9.47 Å². The van der Waals surface area contributed by atoms with Crippen LogP contribution in [0.3, 0.4) is 0 Å². The van der Waals surface area contributed by atoms with Crippen molar-refractivity contribution in [2.75, 3.05) is 13.2 Å². The lowest BCUT2D eigenvalue weighted by Crippen LogP contribution is -2.15. The highest BCUT2D eigenvalue weighted by Gasteiger charge is 2.42. The van der Waals surface area contributed by atoms with Crippen LogP contribution in [-0.4, -0.2) is 13.2 Å². The lowest BCUT2D eigenvalue weighted by molar-refractivity contribution is 0.296. The lowest BCUT2D eigenvalue weighted by atomic mass is 9.84. The van der Waals surface area contributed by atoms with Crippen molar-refractivity contribution >= 4 is 15.9 Å². The Labute approximate surface area is 129 Å². The van der Waals surface area contributed by atoms with Crippen molar-refractivity contribution in [3.8, 4) is 11.5 Å². The molecule has 0 amide bonds. The van der Waals surface area contributed by atoms with E-state index in [4.69, 9.17) is 9.47 Å². The summed E-state index contributed by atoms with van der Waals surface area (Å²) in [4.78, 5) is 0.468. The predicted octanol–water partition coefficient (Wildman–Crippen LogP) is 4.72. The van der Waals surface area contributed by atoms with Gasteiger partial charge in [0, 0.05) is 11.2 Å². The highest BCUT2D eigenvalue weighted by Crippen LogP contribution is 2.55. The summed E-state index contributed by atoms with van der Waals surface area (Å²) in [7, 11) is 0. The number of hydrogen-bond acceptors (Lipinski definition) is 2. The summed E-state index contributed by atoms with van der Waals surface area (Å²) in [5.41, 5.74) is 1.35. The molecule has 1 aliphatic heterocycles. The first kappa shape index (κ1) is 13.0. The molecule has 4 unspecified atom stereocenters. The molecule has 20 heavy (non-hydrogen) atoms. The molecule has 1 aromatic rings. The van der Waals surface area contributed by atoms with E-state index in [1.807, 2.05) is 0 Å². The molecule has 0 saturated heterocycles. The molecule has 3 aliphatic rings. The maximum atomic E-state index is 5.82. The molecular formula is C17H21BrO2. The Balaban J connectivity index is 1.57. The number of ether oxygens (including phenoxy) is 2. The standard InChI is InChI=1S/C17H21BrO2/c18-17(14-9-11-2-3-12(14)8-11)13-4-5-15-16(10-13)20-7-1-6-19-15/h4-5,10-12,14,17H,1-3,6-9H2. The zero-order chi connectivity index (χ0) is 13.5. The van der Waals surface area contributed by atoms with Gasteiger partial charge in [0.2, 0.25) is 0 Å². The third-order valence-electron chi connectivity index (χ3n) is 5.26. The fraction of sp³-hybridized carbons (Fsp3) is 0.647. The van der Waals surface area contributed by atoms with Gasteiger partial charge in [-0.15, -0.1) is 0 Å². The Bertz CT molecular complexity index is 502. The monoisotopic (exact) mass is 336 g/mol. The van der Waals surface area contributed by atoms with E-state index < -0.39 is 0 Å². The van der Waals surface area contributed by atoms with Crippen LogP contribution in [0.4, 0.5) is 0 Å². The van der Waals surface area contributed by atoms with Crippen molar-refractivity contribution in [1.82, 2.24) is 0 Å². The quantitative estimate of drug-likeness (QED) is 0.727. The second-order valence-electron chi connectivity index (χ2n) is 6.50. The van der Waals surface area contributed by atoms with Crippen LogP contribution in [-0.2, 0) is 0 Å². The summed E-state index contributed by atoms with van der Waals surface area (Å²) < 4.78 is 11.5. The van der Waals surface area contributed by atoms with Crippen LogP contribution in [0.15, 0.2) is 18.2 Å². The molecule has 2 saturated carbocycles. The molecule has 0 N–H and O–H groups in total. The molecule has 2 fully saturated rings. The average molecular weight is 337 g/mol. The van der Waals surface area contributed by atoms with E-state index in [-0.39, 0.29) is 0 Å². The molecule has 4 atom stereocenters. The van der Waals surface area contributed by atoms with Gasteiger partial charge in [0.25, 0.3) is 0 Å². The van der Waals surface area contributed by atoms with Gasteiger partial charge in [-0.25, -0.2) is 0 Å². The van der Waals surface area contributed by atoms with Crippen molar-refractivity contribution in [3.05, 3.63) is 23.8 Å². The van der Waals surface area contributed by atoms with Crippen LogP contribution in [0, 0.1) is 17.8 Å². The molecule has 108 valence electrons. The summed E-state index contributed by atoms with van der Waals surface area (Å²) in [5, 5.41) is 0. The Morgan fingerprint density at radius 3 is 2.65 bits per heavy atom. The van der Waals surface area contributed by atoms with Crippen molar-refractivity contribution in [1.29, 1.82) is 0 Å². The van der Waals surface area contributed by atoms with Gasteiger partial charge in [-0.2, -0.15) is 0 Å². The number of benzene rings is 1. The minimum Gasteiger partial charge on any atom is -0.490 e. The van der Waals surface area contributed by atoms with E-state index in [2.05, 4.69) is 34.1 Å². The number of rotatable bonds is 2. The van der Waals surface area contributed by atoms with Crippen LogP contribution in [0.5, 0.6) is 11.5 Å². The van der Waals surface area contributed by atoms with Crippen molar-refractivity contribution in [2.24, 2.45) is 17.8 Å². The summed E-state index contributed by atoms with van der Waals surface area (Å²) in [5.74, 6) is 4.55. The molecule has 1 heterocycles. The van der Waals surface area contributed by atoms with Crippen molar-refractivity contribution in [3.63, 3.8) is 0 Å². The second-order valence-corrected chi connectivity index (χ2v) is 7.48. The third-order valence-corrected chi connectivity index (χ3v) is 6.47. The maximum absolute atomic E-state index is 5.82. The molecule has 0 aromatic heterocycles. The first-order valence-electron chi connectivity index (χ1n) is 7.85. The van der Waals surface area contributed by atoms with Crippen LogP contribution >= 0.6 is 15.9 Å². The zero-order valence-corrected chi connectivity index (χ0v) is 13.3. The van der Waals surface area contributed by atoms with Crippen LogP contribution in [0.1, 0.15) is 42.5 Å². The molecule has 3 heteroatoms. The fourth-order valence-corrected chi connectivity index (χ4v) is 5.18. The Morgan fingerprint density at radius 1 is 1.05 bits per heavy atom. The number of hydrogen-bond donors (Lipinski definition) is 0. The van der Waals surface area contributed by atoms with E-state index in [9.17, 15) is 0 Å². The molecule has 2 aliphatic carbocycles. The largest absolute Gasteiger partial charge is 0.490 e. The molecule has 4 rings (SSSR count). The van der Waals surface area contributed by atoms with Crippen LogP contribution in [0.25, 0.3) is 0 Å². The van der Waals surface area contributed by atoms with Gasteiger partial charge in [0.1, 0.15) is 0 Å². The first-order chi connectivity index (χ1) is 9.81. The minimum absolute atomic E-state index is 0.468. The van der Waals surface area contributed by atoms with Crippen molar-refractivity contribution in [2.45, 2.75) is 36.9 Å². The van der Waals surface area contributed by atoms with Crippen molar-refractivity contribution < 1.29 is 9.47 Å². The van der Waals surface area contributed by atoms with Gasteiger partial charge >= 0.3 is 0 Å². The molecular weight excluding hydrogens is 316 g/mol. The topological polar surface area (TPSA) is 18.5 Å². The highest BCUT2D eigenvalue weighted by molar-refractivity contribution is 9.09. The Hall–Kier alpha value is -0.700. The molecule has 0 radical (unpaired) electrons. The lowest BCUT2D eigenvalue weighted by Gasteiger charge is -2.27. The minimum atomic E-state index is 0.468. The Morgan fingerprint density at radius 2 is 1.90 bits per heavy atom. The third kappa shape index (κ3) is 2.24. The maximum Gasteiger partial charge on any atom is 0.161 e. The summed E-state index contributed by atoms with van der Waals surface area (Å²) >= 11 is 3.97. The zero-order valence-electron chi connectivity index (χ0n) is 11.7. The molecule has 1 aromatic carbocycles. The fourth-order valence-electron chi connectivity index (χ4n) is 4.25. The Kier molecular flexibility index (Phi) is 3.41. The van der Waals surface area contributed by atoms with E-state index in [1.165, 1.54) is 31.2 Å². The van der Waals surface area contributed by atoms with Gasteiger partial charge in [-0.05, 0) is 54.7 Å². The SMILES string of the molecule is BrC(c1ccc2c(c1)OCCCO2)C1CC2CCC1C2. The van der Waals surface area contributed by atoms with E-state index in [1.54, 1.807) is 0 Å². The number of alkyl halides is 1. The van der Waals surface area contributed by atoms with Gasteiger partial charge in [-0.1, -0.05) is 28.4 Å².